The zero-order valence-electron chi connectivity index (χ0n) is 11.8. The summed E-state index contributed by atoms with van der Waals surface area (Å²) in [5.41, 5.74) is 2.06. The maximum absolute atomic E-state index is 13.9. The van der Waals surface area contributed by atoms with Crippen molar-refractivity contribution < 1.29 is 18.4 Å². The standard InChI is InChI=1S/C16H15F2NO2/c1-8-5-11-12(6-9(8)2)16(21)19(15(11)20)14-4-3-10(17)7-13(14)18/h3-4,7,11-12H,5-6H2,1-2H3/t11-,12-/m0/s1. The first-order valence-corrected chi connectivity index (χ1v) is 6.88. The normalized spacial score (nSPS) is 25.6. The van der Waals surface area contributed by atoms with Gasteiger partial charge in [0.05, 0.1) is 17.5 Å². The van der Waals surface area contributed by atoms with Crippen molar-refractivity contribution in [3.05, 3.63) is 41.0 Å². The summed E-state index contributed by atoms with van der Waals surface area (Å²) in [6.45, 7) is 3.90. The number of nitrogens with zero attached hydrogens (tertiary/aromatic N) is 1. The molecule has 1 aromatic rings. The number of benzene rings is 1. The average molecular weight is 291 g/mol. The van der Waals surface area contributed by atoms with E-state index in [1.54, 1.807) is 0 Å². The summed E-state index contributed by atoms with van der Waals surface area (Å²) in [6.07, 6.45) is 1.06. The van der Waals surface area contributed by atoms with Crippen LogP contribution in [0, 0.1) is 23.5 Å². The molecule has 3 rings (SSSR count). The molecule has 1 saturated heterocycles. The summed E-state index contributed by atoms with van der Waals surface area (Å²) < 4.78 is 26.9. The van der Waals surface area contributed by atoms with Crippen LogP contribution in [-0.4, -0.2) is 11.8 Å². The summed E-state index contributed by atoms with van der Waals surface area (Å²) in [5, 5.41) is 0. The molecule has 0 unspecified atom stereocenters. The summed E-state index contributed by atoms with van der Waals surface area (Å²) in [6, 6.07) is 2.88. The SMILES string of the molecule is CC1=C(C)C[C@@H]2C(=O)N(c3ccc(F)cc3F)C(=O)[C@H]2C1. The number of allylic oxidation sites excluding steroid dienone is 2. The molecule has 110 valence electrons. The van der Waals surface area contributed by atoms with Crippen LogP contribution < -0.4 is 4.90 Å². The third-order valence-electron chi connectivity index (χ3n) is 4.49. The van der Waals surface area contributed by atoms with E-state index in [4.69, 9.17) is 0 Å². The largest absolute Gasteiger partial charge is 0.274 e. The number of anilines is 1. The van der Waals surface area contributed by atoms with Gasteiger partial charge in [0.15, 0.2) is 0 Å². The minimum atomic E-state index is -0.892. The van der Waals surface area contributed by atoms with Gasteiger partial charge < -0.3 is 0 Å². The van der Waals surface area contributed by atoms with Crippen LogP contribution in [0.5, 0.6) is 0 Å². The van der Waals surface area contributed by atoms with Crippen LogP contribution in [0.3, 0.4) is 0 Å². The maximum atomic E-state index is 13.9. The number of rotatable bonds is 1. The number of hydrogen-bond acceptors (Lipinski definition) is 2. The molecule has 21 heavy (non-hydrogen) atoms. The monoisotopic (exact) mass is 291 g/mol. The molecule has 1 heterocycles. The third-order valence-corrected chi connectivity index (χ3v) is 4.49. The Morgan fingerprint density at radius 1 is 1.00 bits per heavy atom. The van der Waals surface area contributed by atoms with Crippen molar-refractivity contribution in [1.82, 2.24) is 0 Å². The van der Waals surface area contributed by atoms with E-state index < -0.39 is 23.5 Å². The number of halogens is 2. The Bertz CT molecular complexity index is 649. The van der Waals surface area contributed by atoms with Gasteiger partial charge in [0.2, 0.25) is 11.8 Å². The van der Waals surface area contributed by atoms with E-state index in [0.29, 0.717) is 18.9 Å². The third kappa shape index (κ3) is 2.07. The highest BCUT2D eigenvalue weighted by Crippen LogP contribution is 2.42. The van der Waals surface area contributed by atoms with E-state index in [1.807, 2.05) is 13.8 Å². The summed E-state index contributed by atoms with van der Waals surface area (Å²) >= 11 is 0. The fourth-order valence-electron chi connectivity index (χ4n) is 3.15. The molecule has 1 fully saturated rings. The van der Waals surface area contributed by atoms with Gasteiger partial charge in [0.25, 0.3) is 0 Å². The second-order valence-electron chi connectivity index (χ2n) is 5.79. The molecule has 5 heteroatoms. The summed E-state index contributed by atoms with van der Waals surface area (Å²) in [7, 11) is 0. The van der Waals surface area contributed by atoms with E-state index in [1.165, 1.54) is 0 Å². The van der Waals surface area contributed by atoms with Gasteiger partial charge >= 0.3 is 0 Å². The molecule has 1 aromatic carbocycles. The zero-order chi connectivity index (χ0) is 15.3. The number of imide groups is 1. The lowest BCUT2D eigenvalue weighted by Crippen LogP contribution is -2.31. The molecule has 1 aliphatic heterocycles. The van der Waals surface area contributed by atoms with Crippen LogP contribution in [-0.2, 0) is 9.59 Å². The minimum absolute atomic E-state index is 0.156. The average Bonchev–Trinajstić information content (AvgIpc) is 2.64. The Hall–Kier alpha value is -2.04. The van der Waals surface area contributed by atoms with Gasteiger partial charge in [-0.2, -0.15) is 0 Å². The molecule has 3 nitrogen and oxygen atoms in total. The number of carbonyl (C=O) groups excluding carboxylic acids is 2. The van der Waals surface area contributed by atoms with E-state index in [-0.39, 0.29) is 17.5 Å². The van der Waals surface area contributed by atoms with Gasteiger partial charge in [-0.3, -0.25) is 9.59 Å². The molecule has 0 N–H and O–H groups in total. The fourth-order valence-corrected chi connectivity index (χ4v) is 3.15. The van der Waals surface area contributed by atoms with Crippen molar-refractivity contribution in [3.8, 4) is 0 Å². The highest BCUT2D eigenvalue weighted by Gasteiger charge is 2.50. The number of hydrogen-bond donors (Lipinski definition) is 0. The quantitative estimate of drug-likeness (QED) is 0.588. The highest BCUT2D eigenvalue weighted by atomic mass is 19.1. The Kier molecular flexibility index (Phi) is 3.15. The first-order chi connectivity index (χ1) is 9.90. The van der Waals surface area contributed by atoms with Gasteiger partial charge in [-0.1, -0.05) is 11.1 Å². The first-order valence-electron chi connectivity index (χ1n) is 6.88. The van der Waals surface area contributed by atoms with Crippen LogP contribution in [0.25, 0.3) is 0 Å². The number of fused-ring (bicyclic) bond motifs is 1. The molecular formula is C16H15F2NO2. The molecule has 0 saturated carbocycles. The highest BCUT2D eigenvalue weighted by molar-refractivity contribution is 6.22. The lowest BCUT2D eigenvalue weighted by atomic mass is 9.78. The van der Waals surface area contributed by atoms with Crippen molar-refractivity contribution >= 4 is 17.5 Å². The molecule has 2 atom stereocenters. The van der Waals surface area contributed by atoms with Crippen LogP contribution in [0.1, 0.15) is 26.7 Å². The molecule has 0 radical (unpaired) electrons. The molecule has 2 amide bonds. The first kappa shape index (κ1) is 13.9. The van der Waals surface area contributed by atoms with Crippen LogP contribution >= 0.6 is 0 Å². The minimum Gasteiger partial charge on any atom is -0.274 e. The topological polar surface area (TPSA) is 37.4 Å². The van der Waals surface area contributed by atoms with Crippen molar-refractivity contribution in [2.24, 2.45) is 11.8 Å². The summed E-state index contributed by atoms with van der Waals surface area (Å²) in [4.78, 5) is 25.8. The maximum Gasteiger partial charge on any atom is 0.238 e. The summed E-state index contributed by atoms with van der Waals surface area (Å²) in [5.74, 6) is -3.25. The van der Waals surface area contributed by atoms with E-state index in [2.05, 4.69) is 0 Å². The van der Waals surface area contributed by atoms with E-state index in [9.17, 15) is 18.4 Å². The van der Waals surface area contributed by atoms with Crippen molar-refractivity contribution in [1.29, 1.82) is 0 Å². The fraction of sp³-hybridized carbons (Fsp3) is 0.375. The van der Waals surface area contributed by atoms with E-state index in [0.717, 1.165) is 28.2 Å². The van der Waals surface area contributed by atoms with Gasteiger partial charge in [-0.15, -0.1) is 0 Å². The zero-order valence-corrected chi connectivity index (χ0v) is 11.8. The lowest BCUT2D eigenvalue weighted by Gasteiger charge is -2.23. The number of carbonyl (C=O) groups is 2. The van der Waals surface area contributed by atoms with Crippen molar-refractivity contribution in [3.63, 3.8) is 0 Å². The molecule has 0 aromatic heterocycles. The Morgan fingerprint density at radius 2 is 1.52 bits per heavy atom. The predicted octanol–water partition coefficient (Wildman–Crippen LogP) is 3.20. The molecule has 2 aliphatic rings. The Balaban J connectivity index is 2.00. The molecular weight excluding hydrogens is 276 g/mol. The van der Waals surface area contributed by atoms with E-state index >= 15 is 0 Å². The Morgan fingerprint density at radius 3 is 2.00 bits per heavy atom. The van der Waals surface area contributed by atoms with Gasteiger partial charge in [0, 0.05) is 6.07 Å². The predicted molar refractivity (Wildman–Crippen MR) is 73.4 cm³/mol. The second-order valence-corrected chi connectivity index (χ2v) is 5.79. The van der Waals surface area contributed by atoms with Crippen molar-refractivity contribution in [2.45, 2.75) is 26.7 Å². The van der Waals surface area contributed by atoms with Crippen LogP contribution in [0.2, 0.25) is 0 Å². The lowest BCUT2D eigenvalue weighted by molar-refractivity contribution is -0.122. The molecule has 0 spiro atoms. The smallest absolute Gasteiger partial charge is 0.238 e. The van der Waals surface area contributed by atoms with Crippen LogP contribution in [0.4, 0.5) is 14.5 Å². The van der Waals surface area contributed by atoms with Crippen molar-refractivity contribution in [2.75, 3.05) is 4.90 Å². The Labute approximate surface area is 121 Å². The second kappa shape index (κ2) is 4.76. The number of amides is 2. The van der Waals surface area contributed by atoms with Crippen LogP contribution in [0.15, 0.2) is 29.3 Å². The molecule has 1 aliphatic carbocycles. The van der Waals surface area contributed by atoms with Gasteiger partial charge in [0.1, 0.15) is 11.6 Å². The van der Waals surface area contributed by atoms with Gasteiger partial charge in [-0.25, -0.2) is 13.7 Å². The molecule has 0 bridgehead atoms. The van der Waals surface area contributed by atoms with Gasteiger partial charge in [-0.05, 0) is 38.8 Å².